The molecule has 1 aromatic rings. The van der Waals surface area contributed by atoms with E-state index in [1.165, 1.54) is 0 Å². The molecule has 0 aliphatic carbocycles. The summed E-state index contributed by atoms with van der Waals surface area (Å²) in [5.74, 6) is 0.303. The molecule has 0 aliphatic rings. The van der Waals surface area contributed by atoms with Gasteiger partial charge < -0.3 is 5.11 Å². The van der Waals surface area contributed by atoms with Crippen molar-refractivity contribution in [3.05, 3.63) is 22.8 Å². The van der Waals surface area contributed by atoms with Gasteiger partial charge in [-0.15, -0.1) is 0 Å². The minimum atomic E-state index is 0.303. The van der Waals surface area contributed by atoms with Gasteiger partial charge in [-0.2, -0.15) is 5.26 Å². The number of rotatable bonds is 1. The lowest BCUT2D eigenvalue weighted by Gasteiger charge is -2.10. The van der Waals surface area contributed by atoms with E-state index in [0.29, 0.717) is 5.75 Å². The van der Waals surface area contributed by atoms with Crippen LogP contribution < -0.4 is 0 Å². The van der Waals surface area contributed by atoms with Crippen LogP contribution in [-0.4, -0.2) is 5.11 Å². The smallest absolute Gasteiger partial charge is 0.138 e. The van der Waals surface area contributed by atoms with Crippen LogP contribution in [0.1, 0.15) is 16.7 Å². The third kappa shape index (κ3) is 1.78. The van der Waals surface area contributed by atoms with Gasteiger partial charge in [0.15, 0.2) is 0 Å². The number of thiocyanates is 1. The highest BCUT2D eigenvalue weighted by atomic mass is 32.2. The van der Waals surface area contributed by atoms with Crippen LogP contribution in [0.2, 0.25) is 0 Å². The first kappa shape index (κ1) is 9.94. The van der Waals surface area contributed by atoms with Crippen LogP contribution in [0.3, 0.4) is 0 Å². The van der Waals surface area contributed by atoms with Crippen LogP contribution in [-0.2, 0) is 0 Å². The Balaban J connectivity index is 3.36. The average molecular weight is 193 g/mol. The number of aromatic hydroxyl groups is 1. The number of hydrogen-bond acceptors (Lipinski definition) is 3. The van der Waals surface area contributed by atoms with Crippen molar-refractivity contribution in [2.24, 2.45) is 0 Å². The first-order valence-corrected chi connectivity index (χ1v) is 4.75. The second kappa shape index (κ2) is 3.71. The number of phenolic OH excluding ortho intramolecular Hbond substituents is 1. The molecule has 0 aromatic heterocycles. The Labute approximate surface area is 82.2 Å². The van der Waals surface area contributed by atoms with Crippen LogP contribution in [0.15, 0.2) is 11.0 Å². The highest BCUT2D eigenvalue weighted by Crippen LogP contribution is 2.32. The Bertz CT molecular complexity index is 379. The Morgan fingerprint density at radius 3 is 2.46 bits per heavy atom. The van der Waals surface area contributed by atoms with Gasteiger partial charge in [0.1, 0.15) is 11.2 Å². The summed E-state index contributed by atoms with van der Waals surface area (Å²) in [6.45, 7) is 5.67. The number of hydrogen-bond donors (Lipinski definition) is 1. The van der Waals surface area contributed by atoms with Crippen molar-refractivity contribution in [1.82, 2.24) is 0 Å². The van der Waals surface area contributed by atoms with Gasteiger partial charge in [0, 0.05) is 4.90 Å². The minimum absolute atomic E-state index is 0.303. The molecule has 1 N–H and O–H groups in total. The van der Waals surface area contributed by atoms with Crippen LogP contribution in [0.4, 0.5) is 0 Å². The summed E-state index contributed by atoms with van der Waals surface area (Å²) in [7, 11) is 0. The summed E-state index contributed by atoms with van der Waals surface area (Å²) >= 11 is 1.15. The highest BCUT2D eigenvalue weighted by Gasteiger charge is 2.09. The molecule has 0 atom stereocenters. The SMILES string of the molecule is Cc1cc(O)c(C)c(C)c1SC#N. The lowest BCUT2D eigenvalue weighted by atomic mass is 10.1. The summed E-state index contributed by atoms with van der Waals surface area (Å²) in [5, 5.41) is 20.1. The summed E-state index contributed by atoms with van der Waals surface area (Å²) in [4.78, 5) is 0.956. The number of nitrogens with zero attached hydrogens (tertiary/aromatic N) is 1. The molecule has 0 saturated heterocycles. The molecule has 0 fully saturated rings. The highest BCUT2D eigenvalue weighted by molar-refractivity contribution is 8.03. The molecule has 0 heterocycles. The summed E-state index contributed by atoms with van der Waals surface area (Å²) in [6, 6.07) is 1.70. The van der Waals surface area contributed by atoms with E-state index in [2.05, 4.69) is 0 Å². The molecule has 2 nitrogen and oxygen atoms in total. The minimum Gasteiger partial charge on any atom is -0.508 e. The molecule has 0 radical (unpaired) electrons. The lowest BCUT2D eigenvalue weighted by molar-refractivity contribution is 0.469. The van der Waals surface area contributed by atoms with Gasteiger partial charge >= 0.3 is 0 Å². The normalized spacial score (nSPS) is 9.69. The number of thioether (sulfide) groups is 1. The van der Waals surface area contributed by atoms with E-state index < -0.39 is 0 Å². The Kier molecular flexibility index (Phi) is 2.84. The zero-order chi connectivity index (χ0) is 10.0. The van der Waals surface area contributed by atoms with Crippen LogP contribution in [0, 0.1) is 31.4 Å². The van der Waals surface area contributed by atoms with Crippen LogP contribution in [0.25, 0.3) is 0 Å². The van der Waals surface area contributed by atoms with Crippen molar-refractivity contribution in [3.63, 3.8) is 0 Å². The lowest BCUT2D eigenvalue weighted by Crippen LogP contribution is -1.89. The van der Waals surface area contributed by atoms with Gasteiger partial charge in [0.25, 0.3) is 0 Å². The maximum absolute atomic E-state index is 9.48. The van der Waals surface area contributed by atoms with Crippen molar-refractivity contribution in [3.8, 4) is 11.2 Å². The molecule has 0 saturated carbocycles. The predicted molar refractivity (Wildman–Crippen MR) is 53.8 cm³/mol. The topological polar surface area (TPSA) is 44.0 Å². The fourth-order valence-electron chi connectivity index (χ4n) is 1.24. The van der Waals surface area contributed by atoms with E-state index in [-0.39, 0.29) is 0 Å². The molecular formula is C10H11NOS. The van der Waals surface area contributed by atoms with Gasteiger partial charge in [0.2, 0.25) is 0 Å². The molecule has 0 spiro atoms. The average Bonchev–Trinajstić information content (AvgIpc) is 2.09. The van der Waals surface area contributed by atoms with Crippen molar-refractivity contribution in [1.29, 1.82) is 5.26 Å². The van der Waals surface area contributed by atoms with E-state index in [9.17, 15) is 5.11 Å². The number of phenols is 1. The van der Waals surface area contributed by atoms with Crippen molar-refractivity contribution in [2.45, 2.75) is 25.7 Å². The number of benzene rings is 1. The number of aryl methyl sites for hydroxylation is 1. The third-order valence-electron chi connectivity index (χ3n) is 2.15. The Morgan fingerprint density at radius 1 is 1.31 bits per heavy atom. The quantitative estimate of drug-likeness (QED) is 0.551. The molecule has 0 amide bonds. The van der Waals surface area contributed by atoms with Gasteiger partial charge in [0.05, 0.1) is 0 Å². The molecule has 0 aliphatic heterocycles. The van der Waals surface area contributed by atoms with Crippen LogP contribution >= 0.6 is 11.8 Å². The van der Waals surface area contributed by atoms with E-state index in [4.69, 9.17) is 5.26 Å². The Morgan fingerprint density at radius 2 is 1.92 bits per heavy atom. The first-order chi connectivity index (χ1) is 6.07. The molecular weight excluding hydrogens is 182 g/mol. The Hall–Kier alpha value is -1.14. The molecule has 0 bridgehead atoms. The molecule has 13 heavy (non-hydrogen) atoms. The van der Waals surface area contributed by atoms with E-state index in [1.54, 1.807) is 6.07 Å². The monoisotopic (exact) mass is 193 g/mol. The summed E-state index contributed by atoms with van der Waals surface area (Å²) < 4.78 is 0. The van der Waals surface area contributed by atoms with Crippen molar-refractivity contribution < 1.29 is 5.11 Å². The van der Waals surface area contributed by atoms with Crippen molar-refractivity contribution >= 4 is 11.8 Å². The first-order valence-electron chi connectivity index (χ1n) is 3.93. The molecule has 3 heteroatoms. The fraction of sp³-hybridized carbons (Fsp3) is 0.300. The summed E-state index contributed by atoms with van der Waals surface area (Å²) in [6.07, 6.45) is 0. The third-order valence-corrected chi connectivity index (χ3v) is 3.07. The van der Waals surface area contributed by atoms with E-state index >= 15 is 0 Å². The maximum Gasteiger partial charge on any atom is 0.138 e. The largest absolute Gasteiger partial charge is 0.508 e. The van der Waals surface area contributed by atoms with Gasteiger partial charge in [-0.3, -0.25) is 0 Å². The maximum atomic E-state index is 9.48. The second-order valence-electron chi connectivity index (χ2n) is 2.99. The standard InChI is InChI=1S/C10H11NOS/c1-6-4-9(12)7(2)8(3)10(6)13-5-11/h4,12H,1-3H3. The zero-order valence-corrected chi connectivity index (χ0v) is 8.70. The summed E-state index contributed by atoms with van der Waals surface area (Å²) in [5.41, 5.74) is 2.79. The fourth-order valence-corrected chi connectivity index (χ4v) is 1.86. The van der Waals surface area contributed by atoms with Gasteiger partial charge in [-0.25, -0.2) is 0 Å². The van der Waals surface area contributed by atoms with Gasteiger partial charge in [-0.05, 0) is 55.3 Å². The van der Waals surface area contributed by atoms with Gasteiger partial charge in [-0.1, -0.05) is 0 Å². The van der Waals surface area contributed by atoms with Crippen LogP contribution in [0.5, 0.6) is 5.75 Å². The predicted octanol–water partition coefficient (Wildman–Crippen LogP) is 2.89. The zero-order valence-electron chi connectivity index (χ0n) is 7.88. The van der Waals surface area contributed by atoms with E-state index in [1.807, 2.05) is 26.2 Å². The van der Waals surface area contributed by atoms with E-state index in [0.717, 1.165) is 33.3 Å². The molecule has 1 rings (SSSR count). The molecule has 0 unspecified atom stereocenters. The van der Waals surface area contributed by atoms with Crippen molar-refractivity contribution in [2.75, 3.05) is 0 Å². The molecule has 1 aromatic carbocycles. The second-order valence-corrected chi connectivity index (χ2v) is 3.78. The molecule has 68 valence electrons. The number of nitriles is 1.